The molecule has 0 unspecified atom stereocenters. The SMILES string of the molecule is Cc1c(Cc2ccccc2)nnc(N2CCC3(CC2)OCCO3)c1C. The Labute approximate surface area is 149 Å². The molecule has 1 aromatic heterocycles. The van der Waals surface area contributed by atoms with Crippen molar-refractivity contribution in [2.45, 2.75) is 38.9 Å². The Morgan fingerprint density at radius 2 is 1.64 bits per heavy atom. The molecule has 2 fully saturated rings. The minimum Gasteiger partial charge on any atom is -0.354 e. The molecule has 2 aliphatic heterocycles. The van der Waals surface area contributed by atoms with Gasteiger partial charge in [0.15, 0.2) is 11.6 Å². The van der Waals surface area contributed by atoms with Crippen LogP contribution in [0.15, 0.2) is 30.3 Å². The number of nitrogens with zero attached hydrogens (tertiary/aromatic N) is 3. The minimum absolute atomic E-state index is 0.347. The van der Waals surface area contributed by atoms with Crippen LogP contribution in [0.4, 0.5) is 5.82 Å². The van der Waals surface area contributed by atoms with Crippen molar-refractivity contribution in [1.29, 1.82) is 0 Å². The quantitative estimate of drug-likeness (QED) is 0.860. The van der Waals surface area contributed by atoms with Gasteiger partial charge >= 0.3 is 0 Å². The Balaban J connectivity index is 1.51. The number of benzene rings is 1. The molecule has 25 heavy (non-hydrogen) atoms. The predicted octanol–water partition coefficient (Wildman–Crippen LogP) is 3.03. The van der Waals surface area contributed by atoms with Gasteiger partial charge in [-0.1, -0.05) is 30.3 Å². The Kier molecular flexibility index (Phi) is 4.44. The van der Waals surface area contributed by atoms with Gasteiger partial charge in [0, 0.05) is 32.4 Å². The van der Waals surface area contributed by atoms with Gasteiger partial charge in [0.05, 0.1) is 18.9 Å². The Morgan fingerprint density at radius 3 is 2.32 bits per heavy atom. The van der Waals surface area contributed by atoms with E-state index in [4.69, 9.17) is 9.47 Å². The van der Waals surface area contributed by atoms with E-state index in [0.717, 1.165) is 43.9 Å². The van der Waals surface area contributed by atoms with E-state index in [9.17, 15) is 0 Å². The molecule has 5 nitrogen and oxygen atoms in total. The number of aromatic nitrogens is 2. The van der Waals surface area contributed by atoms with Crippen LogP contribution in [0.25, 0.3) is 0 Å². The summed E-state index contributed by atoms with van der Waals surface area (Å²) in [6, 6.07) is 10.4. The lowest BCUT2D eigenvalue weighted by Gasteiger charge is -2.38. The highest BCUT2D eigenvalue weighted by atomic mass is 16.7. The molecular formula is C20H25N3O2. The molecule has 0 radical (unpaired) electrons. The Morgan fingerprint density at radius 1 is 0.960 bits per heavy atom. The molecule has 2 aliphatic rings. The molecular weight excluding hydrogens is 314 g/mol. The summed E-state index contributed by atoms with van der Waals surface area (Å²) in [5, 5.41) is 9.11. The minimum atomic E-state index is -0.347. The first-order chi connectivity index (χ1) is 12.2. The summed E-state index contributed by atoms with van der Waals surface area (Å²) in [4.78, 5) is 2.32. The fourth-order valence-corrected chi connectivity index (χ4v) is 3.74. The topological polar surface area (TPSA) is 47.5 Å². The van der Waals surface area contributed by atoms with E-state index in [2.05, 4.69) is 53.2 Å². The molecule has 2 aromatic rings. The first-order valence-electron chi connectivity index (χ1n) is 9.06. The van der Waals surface area contributed by atoms with Crippen LogP contribution < -0.4 is 4.90 Å². The first-order valence-corrected chi connectivity index (χ1v) is 9.06. The summed E-state index contributed by atoms with van der Waals surface area (Å²) in [5.41, 5.74) is 4.79. The van der Waals surface area contributed by atoms with E-state index in [1.54, 1.807) is 0 Å². The van der Waals surface area contributed by atoms with Crippen LogP contribution in [0.3, 0.4) is 0 Å². The molecule has 1 spiro atoms. The molecule has 0 atom stereocenters. The van der Waals surface area contributed by atoms with Crippen molar-refractivity contribution in [3.63, 3.8) is 0 Å². The summed E-state index contributed by atoms with van der Waals surface area (Å²) in [6.45, 7) is 7.53. The van der Waals surface area contributed by atoms with Crippen molar-refractivity contribution in [3.8, 4) is 0 Å². The van der Waals surface area contributed by atoms with Crippen LogP contribution in [0, 0.1) is 13.8 Å². The second-order valence-corrected chi connectivity index (χ2v) is 6.98. The van der Waals surface area contributed by atoms with Gasteiger partial charge in [-0.3, -0.25) is 0 Å². The molecule has 0 N–H and O–H groups in total. The largest absolute Gasteiger partial charge is 0.354 e. The number of hydrogen-bond donors (Lipinski definition) is 0. The van der Waals surface area contributed by atoms with Gasteiger partial charge in [-0.25, -0.2) is 0 Å². The van der Waals surface area contributed by atoms with Gasteiger partial charge < -0.3 is 14.4 Å². The molecule has 2 saturated heterocycles. The van der Waals surface area contributed by atoms with Crippen molar-refractivity contribution < 1.29 is 9.47 Å². The van der Waals surface area contributed by atoms with Gasteiger partial charge in [-0.05, 0) is 30.5 Å². The van der Waals surface area contributed by atoms with E-state index in [0.29, 0.717) is 13.2 Å². The van der Waals surface area contributed by atoms with Gasteiger partial charge in [-0.15, -0.1) is 5.10 Å². The monoisotopic (exact) mass is 339 g/mol. The van der Waals surface area contributed by atoms with Gasteiger partial charge in [-0.2, -0.15) is 5.10 Å². The molecule has 4 rings (SSSR count). The number of hydrogen-bond acceptors (Lipinski definition) is 5. The lowest BCUT2D eigenvalue weighted by Crippen LogP contribution is -2.45. The maximum absolute atomic E-state index is 5.82. The first kappa shape index (κ1) is 16.5. The van der Waals surface area contributed by atoms with E-state index >= 15 is 0 Å². The molecule has 3 heterocycles. The summed E-state index contributed by atoms with van der Waals surface area (Å²) in [7, 11) is 0. The second-order valence-electron chi connectivity index (χ2n) is 6.98. The summed E-state index contributed by atoms with van der Waals surface area (Å²) in [5.74, 6) is 0.655. The van der Waals surface area contributed by atoms with Crippen LogP contribution in [0.5, 0.6) is 0 Å². The zero-order valence-electron chi connectivity index (χ0n) is 15.0. The van der Waals surface area contributed by atoms with Gasteiger partial charge in [0.1, 0.15) is 0 Å². The zero-order chi connectivity index (χ0) is 17.3. The molecule has 132 valence electrons. The highest BCUT2D eigenvalue weighted by Gasteiger charge is 2.40. The average Bonchev–Trinajstić information content (AvgIpc) is 3.09. The Bertz CT molecular complexity index is 732. The third-order valence-electron chi connectivity index (χ3n) is 5.45. The van der Waals surface area contributed by atoms with Crippen LogP contribution in [0.1, 0.15) is 35.2 Å². The van der Waals surface area contributed by atoms with E-state index < -0.39 is 0 Å². The highest BCUT2D eigenvalue weighted by Crippen LogP contribution is 2.34. The fourth-order valence-electron chi connectivity index (χ4n) is 3.74. The second kappa shape index (κ2) is 6.73. The fraction of sp³-hybridized carbons (Fsp3) is 0.500. The van der Waals surface area contributed by atoms with Crippen LogP contribution in [-0.2, 0) is 15.9 Å². The molecule has 5 heteroatoms. The normalized spacial score (nSPS) is 19.5. The summed E-state index contributed by atoms with van der Waals surface area (Å²) < 4.78 is 11.6. The van der Waals surface area contributed by atoms with E-state index in [1.807, 2.05) is 6.07 Å². The predicted molar refractivity (Wildman–Crippen MR) is 96.8 cm³/mol. The lowest BCUT2D eigenvalue weighted by atomic mass is 10.0. The third-order valence-corrected chi connectivity index (χ3v) is 5.45. The van der Waals surface area contributed by atoms with Gasteiger partial charge in [0.2, 0.25) is 0 Å². The maximum Gasteiger partial charge on any atom is 0.171 e. The summed E-state index contributed by atoms with van der Waals surface area (Å²) >= 11 is 0. The zero-order valence-corrected chi connectivity index (χ0v) is 15.0. The molecule has 0 aliphatic carbocycles. The van der Waals surface area contributed by atoms with Crippen LogP contribution >= 0.6 is 0 Å². The number of rotatable bonds is 3. The smallest absolute Gasteiger partial charge is 0.171 e. The molecule has 0 amide bonds. The molecule has 0 saturated carbocycles. The van der Waals surface area contributed by atoms with Crippen molar-refractivity contribution in [2.75, 3.05) is 31.2 Å². The van der Waals surface area contributed by atoms with Crippen molar-refractivity contribution in [3.05, 3.63) is 52.7 Å². The lowest BCUT2D eigenvalue weighted by molar-refractivity contribution is -0.169. The summed E-state index contributed by atoms with van der Waals surface area (Å²) in [6.07, 6.45) is 2.60. The number of anilines is 1. The van der Waals surface area contributed by atoms with E-state index in [-0.39, 0.29) is 5.79 Å². The van der Waals surface area contributed by atoms with Gasteiger partial charge in [0.25, 0.3) is 0 Å². The average molecular weight is 339 g/mol. The standard InChI is InChI=1S/C20H25N3O2/c1-15-16(2)19(22-21-18(15)14-17-6-4-3-5-7-17)23-10-8-20(9-11-23)24-12-13-25-20/h3-7H,8-14H2,1-2H3. The van der Waals surface area contributed by atoms with Crippen molar-refractivity contribution in [2.24, 2.45) is 0 Å². The number of ether oxygens (including phenoxy) is 2. The number of piperidine rings is 1. The van der Waals surface area contributed by atoms with Crippen molar-refractivity contribution in [1.82, 2.24) is 10.2 Å². The molecule has 0 bridgehead atoms. The third kappa shape index (κ3) is 3.26. The molecule has 1 aromatic carbocycles. The Hall–Kier alpha value is -1.98. The van der Waals surface area contributed by atoms with E-state index in [1.165, 1.54) is 16.7 Å². The van der Waals surface area contributed by atoms with Crippen molar-refractivity contribution >= 4 is 5.82 Å². The van der Waals surface area contributed by atoms with Crippen LogP contribution in [0.2, 0.25) is 0 Å². The maximum atomic E-state index is 5.82. The van der Waals surface area contributed by atoms with Crippen LogP contribution in [-0.4, -0.2) is 42.3 Å². The highest BCUT2D eigenvalue weighted by molar-refractivity contribution is 5.51.